The summed E-state index contributed by atoms with van der Waals surface area (Å²) in [6, 6.07) is 12.3. The fourth-order valence-corrected chi connectivity index (χ4v) is 3.77. The van der Waals surface area contributed by atoms with Gasteiger partial charge >= 0.3 is 0 Å². The van der Waals surface area contributed by atoms with Gasteiger partial charge in [0, 0.05) is 43.6 Å². The first-order chi connectivity index (χ1) is 14.1. The predicted octanol–water partition coefficient (Wildman–Crippen LogP) is 2.53. The van der Waals surface area contributed by atoms with Crippen molar-refractivity contribution in [2.24, 2.45) is 7.05 Å². The highest BCUT2D eigenvalue weighted by atomic mass is 19.1. The molecule has 1 aromatic carbocycles. The van der Waals surface area contributed by atoms with Gasteiger partial charge in [-0.3, -0.25) is 14.5 Å². The molecule has 3 aromatic rings. The predicted molar refractivity (Wildman–Crippen MR) is 108 cm³/mol. The van der Waals surface area contributed by atoms with Crippen molar-refractivity contribution in [1.82, 2.24) is 25.4 Å². The highest BCUT2D eigenvalue weighted by molar-refractivity contribution is 5.94. The monoisotopic (exact) mass is 393 g/mol. The minimum atomic E-state index is -0.289. The van der Waals surface area contributed by atoms with Crippen LogP contribution in [0.1, 0.15) is 39.4 Å². The van der Waals surface area contributed by atoms with E-state index in [2.05, 4.69) is 20.7 Å². The third-order valence-electron chi connectivity index (χ3n) is 5.33. The number of nitrogens with zero attached hydrogens (tertiary/aromatic N) is 3. The molecule has 1 aliphatic rings. The van der Waals surface area contributed by atoms with Crippen LogP contribution in [0.4, 0.5) is 4.39 Å². The molecule has 1 unspecified atom stereocenters. The highest BCUT2D eigenvalue weighted by Gasteiger charge is 2.28. The largest absolute Gasteiger partial charge is 0.347 e. The van der Waals surface area contributed by atoms with E-state index >= 15 is 0 Å². The lowest BCUT2D eigenvalue weighted by atomic mass is 9.91. The number of halogens is 1. The van der Waals surface area contributed by atoms with Crippen molar-refractivity contribution in [3.05, 3.63) is 82.7 Å². The first-order valence-corrected chi connectivity index (χ1v) is 9.81. The zero-order chi connectivity index (χ0) is 20.2. The van der Waals surface area contributed by atoms with Crippen molar-refractivity contribution in [3.63, 3.8) is 0 Å². The topological polar surface area (TPSA) is 71.8 Å². The molecule has 29 heavy (non-hydrogen) atoms. The van der Waals surface area contributed by atoms with Crippen LogP contribution in [-0.4, -0.2) is 26.7 Å². The molecule has 0 spiro atoms. The summed E-state index contributed by atoms with van der Waals surface area (Å²) in [6.07, 6.45) is 4.43. The lowest BCUT2D eigenvalue weighted by Gasteiger charge is -2.24. The number of carbonyl (C=O) groups excluding carboxylic acids is 1. The van der Waals surface area contributed by atoms with E-state index in [9.17, 15) is 9.18 Å². The molecule has 0 saturated carbocycles. The standard InChI is InChI=1S/C22H24FN5O/c1-28-20-10-9-17(25-14-18-4-2-3-11-24-18)12-19(20)21(27-28)22(29)26-13-15-5-7-16(23)8-6-15/h2-8,11,17,25H,9-10,12-14H2,1H3,(H,26,29). The Morgan fingerprint density at radius 2 is 2.03 bits per heavy atom. The number of nitrogens with one attached hydrogen (secondary N) is 2. The molecule has 150 valence electrons. The molecule has 0 fully saturated rings. The van der Waals surface area contributed by atoms with E-state index in [0.29, 0.717) is 18.8 Å². The second-order valence-corrected chi connectivity index (χ2v) is 7.35. The smallest absolute Gasteiger partial charge is 0.272 e. The van der Waals surface area contributed by atoms with E-state index in [1.807, 2.05) is 29.9 Å². The number of hydrogen-bond acceptors (Lipinski definition) is 4. The van der Waals surface area contributed by atoms with Crippen molar-refractivity contribution < 1.29 is 9.18 Å². The number of pyridine rings is 1. The van der Waals surface area contributed by atoms with Crippen LogP contribution in [0.25, 0.3) is 0 Å². The number of benzene rings is 1. The molecule has 1 aliphatic carbocycles. The maximum absolute atomic E-state index is 13.0. The van der Waals surface area contributed by atoms with Gasteiger partial charge in [0.15, 0.2) is 5.69 Å². The summed E-state index contributed by atoms with van der Waals surface area (Å²) in [5.74, 6) is -0.486. The molecule has 2 aromatic heterocycles. The van der Waals surface area contributed by atoms with Crippen LogP contribution in [0.5, 0.6) is 0 Å². The normalized spacial score (nSPS) is 15.7. The van der Waals surface area contributed by atoms with E-state index in [4.69, 9.17) is 0 Å². The number of rotatable bonds is 6. The second-order valence-electron chi connectivity index (χ2n) is 7.35. The van der Waals surface area contributed by atoms with Gasteiger partial charge in [-0.1, -0.05) is 18.2 Å². The molecule has 0 bridgehead atoms. The number of fused-ring (bicyclic) bond motifs is 1. The van der Waals surface area contributed by atoms with Crippen LogP contribution in [0, 0.1) is 5.82 Å². The Hall–Kier alpha value is -3.06. The zero-order valence-corrected chi connectivity index (χ0v) is 16.4. The Labute approximate surface area is 169 Å². The minimum absolute atomic E-state index is 0.198. The van der Waals surface area contributed by atoms with Crippen LogP contribution < -0.4 is 10.6 Å². The fourth-order valence-electron chi connectivity index (χ4n) is 3.77. The van der Waals surface area contributed by atoms with E-state index in [1.54, 1.807) is 18.3 Å². The summed E-state index contributed by atoms with van der Waals surface area (Å²) in [5, 5.41) is 10.9. The Kier molecular flexibility index (Phi) is 5.67. The SMILES string of the molecule is Cn1nc(C(=O)NCc2ccc(F)cc2)c2c1CCC(NCc1ccccn1)C2. The molecule has 0 radical (unpaired) electrons. The van der Waals surface area contributed by atoms with Gasteiger partial charge in [-0.25, -0.2) is 4.39 Å². The summed E-state index contributed by atoms with van der Waals surface area (Å²) < 4.78 is 14.9. The first-order valence-electron chi connectivity index (χ1n) is 9.81. The number of carbonyl (C=O) groups is 1. The molecule has 0 aliphatic heterocycles. The molecule has 4 rings (SSSR count). The Morgan fingerprint density at radius 1 is 1.21 bits per heavy atom. The number of hydrogen-bond donors (Lipinski definition) is 2. The molecule has 0 saturated heterocycles. The molecular weight excluding hydrogens is 369 g/mol. The summed E-state index contributed by atoms with van der Waals surface area (Å²) in [5.41, 5.74) is 4.46. The van der Waals surface area contributed by atoms with Crippen LogP contribution in [-0.2, 0) is 33.0 Å². The Morgan fingerprint density at radius 3 is 2.79 bits per heavy atom. The molecule has 7 heteroatoms. The van der Waals surface area contributed by atoms with Gasteiger partial charge in [-0.15, -0.1) is 0 Å². The quantitative estimate of drug-likeness (QED) is 0.675. The van der Waals surface area contributed by atoms with Gasteiger partial charge in [0.05, 0.1) is 5.69 Å². The average Bonchev–Trinajstić information content (AvgIpc) is 3.08. The Balaban J connectivity index is 1.42. The number of aromatic nitrogens is 3. The number of aryl methyl sites for hydroxylation is 1. The molecule has 1 atom stereocenters. The van der Waals surface area contributed by atoms with E-state index in [1.165, 1.54) is 12.1 Å². The van der Waals surface area contributed by atoms with Crippen molar-refractivity contribution in [3.8, 4) is 0 Å². The van der Waals surface area contributed by atoms with Crippen LogP contribution in [0.3, 0.4) is 0 Å². The first kappa shape index (κ1) is 19.3. The third kappa shape index (κ3) is 4.51. The zero-order valence-electron chi connectivity index (χ0n) is 16.4. The lowest BCUT2D eigenvalue weighted by Crippen LogP contribution is -2.35. The molecule has 1 amide bonds. The molecule has 2 N–H and O–H groups in total. The molecular formula is C22H24FN5O. The van der Waals surface area contributed by atoms with Crippen molar-refractivity contribution in [2.75, 3.05) is 0 Å². The molecule has 6 nitrogen and oxygen atoms in total. The van der Waals surface area contributed by atoms with Gasteiger partial charge in [0.25, 0.3) is 5.91 Å². The summed E-state index contributed by atoms with van der Waals surface area (Å²) >= 11 is 0. The highest BCUT2D eigenvalue weighted by Crippen LogP contribution is 2.24. The molecule has 2 heterocycles. The minimum Gasteiger partial charge on any atom is -0.347 e. The van der Waals surface area contributed by atoms with Crippen molar-refractivity contribution in [2.45, 2.75) is 38.4 Å². The maximum atomic E-state index is 13.0. The van der Waals surface area contributed by atoms with Gasteiger partial charge in [-0.2, -0.15) is 5.10 Å². The summed E-state index contributed by atoms with van der Waals surface area (Å²) in [4.78, 5) is 17.1. The van der Waals surface area contributed by atoms with Gasteiger partial charge < -0.3 is 10.6 Å². The third-order valence-corrected chi connectivity index (χ3v) is 5.33. The van der Waals surface area contributed by atoms with Gasteiger partial charge in [-0.05, 0) is 49.1 Å². The van der Waals surface area contributed by atoms with Gasteiger partial charge in [0.2, 0.25) is 0 Å². The average molecular weight is 393 g/mol. The van der Waals surface area contributed by atoms with Crippen molar-refractivity contribution in [1.29, 1.82) is 0 Å². The summed E-state index contributed by atoms with van der Waals surface area (Å²) in [6.45, 7) is 1.04. The van der Waals surface area contributed by atoms with Gasteiger partial charge in [0.1, 0.15) is 5.82 Å². The van der Waals surface area contributed by atoms with Crippen LogP contribution in [0.15, 0.2) is 48.7 Å². The van der Waals surface area contributed by atoms with Crippen LogP contribution >= 0.6 is 0 Å². The van der Waals surface area contributed by atoms with E-state index in [0.717, 1.165) is 41.8 Å². The summed E-state index contributed by atoms with van der Waals surface area (Å²) in [7, 11) is 1.89. The van der Waals surface area contributed by atoms with E-state index in [-0.39, 0.29) is 17.8 Å². The fraction of sp³-hybridized carbons (Fsp3) is 0.318. The Bertz CT molecular complexity index is 984. The second kappa shape index (κ2) is 8.53. The lowest BCUT2D eigenvalue weighted by molar-refractivity contribution is 0.0944. The van der Waals surface area contributed by atoms with E-state index < -0.39 is 0 Å². The van der Waals surface area contributed by atoms with Crippen LogP contribution in [0.2, 0.25) is 0 Å². The maximum Gasteiger partial charge on any atom is 0.272 e. The van der Waals surface area contributed by atoms with Crippen molar-refractivity contribution >= 4 is 5.91 Å². The number of amides is 1.